The summed E-state index contributed by atoms with van der Waals surface area (Å²) in [6.07, 6.45) is 5.33. The maximum atomic E-state index is 5.53. The van der Waals surface area contributed by atoms with E-state index in [4.69, 9.17) is 5.73 Å². The van der Waals surface area contributed by atoms with Gasteiger partial charge in [-0.05, 0) is 17.5 Å². The third-order valence-corrected chi connectivity index (χ3v) is 1.84. The van der Waals surface area contributed by atoms with Crippen LogP contribution < -0.4 is 5.73 Å². The predicted octanol–water partition coefficient (Wildman–Crippen LogP) is 1.09. The highest BCUT2D eigenvalue weighted by Crippen LogP contribution is 2.13. The first kappa shape index (κ1) is 7.18. The molecule has 2 aromatic heterocycles. The second kappa shape index (κ2) is 2.87. The van der Waals surface area contributed by atoms with E-state index in [1.54, 1.807) is 18.6 Å². The van der Waals surface area contributed by atoms with Crippen molar-refractivity contribution < 1.29 is 0 Å². The summed E-state index contributed by atoms with van der Waals surface area (Å²) in [4.78, 5) is 8.19. The van der Waals surface area contributed by atoms with Crippen molar-refractivity contribution in [1.29, 1.82) is 0 Å². The molecule has 0 bridgehead atoms. The lowest BCUT2D eigenvalue weighted by Crippen LogP contribution is -1.99. The van der Waals surface area contributed by atoms with E-state index < -0.39 is 0 Å². The minimum absolute atomic E-state index is 0.461. The zero-order chi connectivity index (χ0) is 8.39. The van der Waals surface area contributed by atoms with Gasteiger partial charge in [0.1, 0.15) is 0 Å². The maximum Gasteiger partial charge on any atom is 0.0633 e. The Hall–Kier alpha value is -1.48. The molecule has 2 aromatic rings. The molecule has 0 aliphatic rings. The number of nitrogens with two attached hydrogens (primary N) is 1. The van der Waals surface area contributed by atoms with Crippen molar-refractivity contribution in [2.75, 3.05) is 0 Å². The summed E-state index contributed by atoms with van der Waals surface area (Å²) in [6, 6.07) is 3.91. The van der Waals surface area contributed by atoms with Gasteiger partial charge < -0.3 is 5.73 Å². The quantitative estimate of drug-likeness (QED) is 0.677. The Balaban J connectivity index is 2.79. The van der Waals surface area contributed by atoms with Crippen molar-refractivity contribution >= 4 is 10.8 Å². The molecular formula is C9H9N3. The Morgan fingerprint density at radius 2 is 2.08 bits per heavy atom. The van der Waals surface area contributed by atoms with Crippen LogP contribution in [-0.4, -0.2) is 9.97 Å². The lowest BCUT2D eigenvalue weighted by molar-refractivity contribution is 1.01. The molecule has 0 atom stereocenters. The van der Waals surface area contributed by atoms with Gasteiger partial charge in [-0.1, -0.05) is 0 Å². The van der Waals surface area contributed by atoms with Crippen LogP contribution in [0.3, 0.4) is 0 Å². The summed E-state index contributed by atoms with van der Waals surface area (Å²) < 4.78 is 0. The predicted molar refractivity (Wildman–Crippen MR) is 47.4 cm³/mol. The summed E-state index contributed by atoms with van der Waals surface area (Å²) in [7, 11) is 0. The molecule has 0 spiro atoms. The van der Waals surface area contributed by atoms with E-state index in [0.29, 0.717) is 6.54 Å². The molecule has 0 saturated carbocycles. The van der Waals surface area contributed by atoms with Gasteiger partial charge in [-0.3, -0.25) is 9.97 Å². The summed E-state index contributed by atoms with van der Waals surface area (Å²) in [5.74, 6) is 0. The van der Waals surface area contributed by atoms with E-state index in [-0.39, 0.29) is 0 Å². The van der Waals surface area contributed by atoms with Crippen molar-refractivity contribution in [2.45, 2.75) is 6.54 Å². The van der Waals surface area contributed by atoms with E-state index in [1.807, 2.05) is 12.1 Å². The van der Waals surface area contributed by atoms with Crippen LogP contribution in [0, 0.1) is 0 Å². The van der Waals surface area contributed by atoms with Gasteiger partial charge in [0.25, 0.3) is 0 Å². The van der Waals surface area contributed by atoms with Crippen LogP contribution in [0.15, 0.2) is 30.7 Å². The molecule has 0 aromatic carbocycles. The molecule has 0 radical (unpaired) electrons. The number of nitrogens with zero attached hydrogens (tertiary/aromatic N) is 2. The van der Waals surface area contributed by atoms with Crippen LogP contribution >= 0.6 is 0 Å². The Morgan fingerprint density at radius 3 is 2.92 bits per heavy atom. The average Bonchev–Trinajstić information content (AvgIpc) is 2.17. The lowest BCUT2D eigenvalue weighted by atomic mass is 10.2. The van der Waals surface area contributed by atoms with Gasteiger partial charge >= 0.3 is 0 Å². The van der Waals surface area contributed by atoms with Crippen molar-refractivity contribution in [2.24, 2.45) is 5.73 Å². The van der Waals surface area contributed by atoms with E-state index in [1.165, 1.54) is 0 Å². The smallest absolute Gasteiger partial charge is 0.0633 e. The standard InChI is InChI=1S/C9H9N3/c10-5-9-8-6-11-3-1-7(8)2-4-12-9/h1-4,6H,5,10H2. The van der Waals surface area contributed by atoms with E-state index in [0.717, 1.165) is 16.5 Å². The van der Waals surface area contributed by atoms with Crippen LogP contribution in [0.1, 0.15) is 5.69 Å². The van der Waals surface area contributed by atoms with Crippen molar-refractivity contribution in [3.63, 3.8) is 0 Å². The second-order valence-corrected chi connectivity index (χ2v) is 2.56. The highest BCUT2D eigenvalue weighted by atomic mass is 14.7. The molecule has 0 fully saturated rings. The SMILES string of the molecule is NCc1nccc2ccncc12. The summed E-state index contributed by atoms with van der Waals surface area (Å²) in [5.41, 5.74) is 6.43. The van der Waals surface area contributed by atoms with Gasteiger partial charge in [0.15, 0.2) is 0 Å². The van der Waals surface area contributed by atoms with Crippen LogP contribution in [0.2, 0.25) is 0 Å². The molecule has 0 unspecified atom stereocenters. The van der Waals surface area contributed by atoms with E-state index in [9.17, 15) is 0 Å². The third-order valence-electron chi connectivity index (χ3n) is 1.84. The molecule has 0 aliphatic carbocycles. The first-order valence-electron chi connectivity index (χ1n) is 3.79. The summed E-state index contributed by atoms with van der Waals surface area (Å²) >= 11 is 0. The van der Waals surface area contributed by atoms with Gasteiger partial charge in [-0.2, -0.15) is 0 Å². The Bertz CT molecular complexity index is 392. The Kier molecular flexibility index (Phi) is 1.72. The average molecular weight is 159 g/mol. The Labute approximate surface area is 70.3 Å². The van der Waals surface area contributed by atoms with Crippen molar-refractivity contribution in [1.82, 2.24) is 9.97 Å². The van der Waals surface area contributed by atoms with Crippen LogP contribution in [0.4, 0.5) is 0 Å². The molecule has 12 heavy (non-hydrogen) atoms. The molecule has 0 amide bonds. The number of rotatable bonds is 1. The monoisotopic (exact) mass is 159 g/mol. The summed E-state index contributed by atoms with van der Waals surface area (Å²) in [6.45, 7) is 0.461. The highest BCUT2D eigenvalue weighted by Gasteiger charge is 1.98. The lowest BCUT2D eigenvalue weighted by Gasteiger charge is -2.00. The fourth-order valence-corrected chi connectivity index (χ4v) is 1.23. The maximum absolute atomic E-state index is 5.53. The number of aromatic nitrogens is 2. The third kappa shape index (κ3) is 1.04. The van der Waals surface area contributed by atoms with Gasteiger partial charge in [-0.15, -0.1) is 0 Å². The van der Waals surface area contributed by atoms with Gasteiger partial charge in [0.2, 0.25) is 0 Å². The van der Waals surface area contributed by atoms with Crippen LogP contribution in [-0.2, 0) is 6.54 Å². The van der Waals surface area contributed by atoms with E-state index >= 15 is 0 Å². The second-order valence-electron chi connectivity index (χ2n) is 2.56. The minimum Gasteiger partial charge on any atom is -0.325 e. The molecule has 0 aliphatic heterocycles. The zero-order valence-electron chi connectivity index (χ0n) is 6.57. The highest BCUT2D eigenvalue weighted by molar-refractivity contribution is 5.83. The Morgan fingerprint density at radius 1 is 1.25 bits per heavy atom. The number of hydrogen-bond acceptors (Lipinski definition) is 3. The molecule has 2 heterocycles. The molecule has 2 rings (SSSR count). The molecular weight excluding hydrogens is 150 g/mol. The fourth-order valence-electron chi connectivity index (χ4n) is 1.23. The van der Waals surface area contributed by atoms with Crippen LogP contribution in [0.5, 0.6) is 0 Å². The van der Waals surface area contributed by atoms with E-state index in [2.05, 4.69) is 9.97 Å². The van der Waals surface area contributed by atoms with Crippen molar-refractivity contribution in [3.8, 4) is 0 Å². The summed E-state index contributed by atoms with van der Waals surface area (Å²) in [5, 5.41) is 2.18. The molecule has 60 valence electrons. The van der Waals surface area contributed by atoms with Gasteiger partial charge in [0, 0.05) is 30.5 Å². The van der Waals surface area contributed by atoms with Crippen molar-refractivity contribution in [3.05, 3.63) is 36.4 Å². The molecule has 0 saturated heterocycles. The number of fused-ring (bicyclic) bond motifs is 1. The topological polar surface area (TPSA) is 51.8 Å². The first-order chi connectivity index (χ1) is 5.92. The fraction of sp³-hybridized carbons (Fsp3) is 0.111. The zero-order valence-corrected chi connectivity index (χ0v) is 6.57. The largest absolute Gasteiger partial charge is 0.325 e. The molecule has 3 heteroatoms. The molecule has 3 nitrogen and oxygen atoms in total. The van der Waals surface area contributed by atoms with Crippen LogP contribution in [0.25, 0.3) is 10.8 Å². The first-order valence-corrected chi connectivity index (χ1v) is 3.79. The molecule has 2 N–H and O–H groups in total. The number of hydrogen-bond donors (Lipinski definition) is 1. The van der Waals surface area contributed by atoms with Gasteiger partial charge in [-0.25, -0.2) is 0 Å². The number of pyridine rings is 2. The van der Waals surface area contributed by atoms with Gasteiger partial charge in [0.05, 0.1) is 5.69 Å². The normalized spacial score (nSPS) is 10.4. The minimum atomic E-state index is 0.461.